The molecule has 0 spiro atoms. The summed E-state index contributed by atoms with van der Waals surface area (Å²) in [4.78, 5) is 2.27. The summed E-state index contributed by atoms with van der Waals surface area (Å²) in [6.45, 7) is 4.75. The van der Waals surface area contributed by atoms with Crippen molar-refractivity contribution in [3.63, 3.8) is 0 Å². The monoisotopic (exact) mass is 208 g/mol. The Kier molecular flexibility index (Phi) is 3.21. The molecule has 82 valence electrons. The number of piperazine rings is 1. The molecule has 3 heteroatoms. The molecule has 0 saturated carbocycles. The average molecular weight is 208 g/mol. The van der Waals surface area contributed by atoms with Gasteiger partial charge in [-0.2, -0.15) is 0 Å². The van der Waals surface area contributed by atoms with Gasteiger partial charge in [0.15, 0.2) is 0 Å². The zero-order chi connectivity index (χ0) is 10.7. The highest BCUT2D eigenvalue weighted by atomic mass is 19.2. The summed E-state index contributed by atoms with van der Waals surface area (Å²) in [7, 11) is 0. The molecule has 2 nitrogen and oxygen atoms in total. The van der Waals surface area contributed by atoms with Gasteiger partial charge in [0, 0.05) is 31.9 Å². The van der Waals surface area contributed by atoms with Crippen LogP contribution in [0.1, 0.15) is 12.5 Å². The SMILES string of the molecule is CCc1ccccc1N1CCN(F)CC1. The van der Waals surface area contributed by atoms with Crippen LogP contribution in [0.5, 0.6) is 0 Å². The second-order valence-corrected chi connectivity index (χ2v) is 3.88. The minimum Gasteiger partial charge on any atom is -0.369 e. The van der Waals surface area contributed by atoms with Crippen molar-refractivity contribution in [2.45, 2.75) is 13.3 Å². The molecule has 0 N–H and O–H groups in total. The number of para-hydroxylation sites is 1. The number of rotatable bonds is 2. The quantitative estimate of drug-likeness (QED) is 0.688. The topological polar surface area (TPSA) is 6.48 Å². The number of aryl methyl sites for hydroxylation is 1. The first-order chi connectivity index (χ1) is 7.31. The summed E-state index contributed by atoms with van der Waals surface area (Å²) in [5.41, 5.74) is 2.62. The maximum atomic E-state index is 12.9. The molecule has 0 aliphatic carbocycles. The van der Waals surface area contributed by atoms with Crippen molar-refractivity contribution in [2.24, 2.45) is 0 Å². The Morgan fingerprint density at radius 3 is 2.47 bits per heavy atom. The van der Waals surface area contributed by atoms with Crippen molar-refractivity contribution in [1.82, 2.24) is 5.12 Å². The minimum absolute atomic E-state index is 0.512. The fourth-order valence-corrected chi connectivity index (χ4v) is 2.04. The lowest BCUT2D eigenvalue weighted by molar-refractivity contribution is 0.0200. The Labute approximate surface area is 90.2 Å². The van der Waals surface area contributed by atoms with E-state index in [1.54, 1.807) is 0 Å². The molecule has 1 fully saturated rings. The number of anilines is 1. The van der Waals surface area contributed by atoms with E-state index in [0.717, 1.165) is 24.6 Å². The second kappa shape index (κ2) is 4.62. The van der Waals surface area contributed by atoms with Crippen LogP contribution in [0.25, 0.3) is 0 Å². The molecule has 1 aliphatic heterocycles. The maximum absolute atomic E-state index is 12.9. The third-order valence-corrected chi connectivity index (χ3v) is 2.94. The summed E-state index contributed by atoms with van der Waals surface area (Å²) in [6.07, 6.45) is 1.03. The lowest BCUT2D eigenvalue weighted by Crippen LogP contribution is -2.43. The Morgan fingerprint density at radius 1 is 1.13 bits per heavy atom. The van der Waals surface area contributed by atoms with E-state index in [9.17, 15) is 4.48 Å². The third-order valence-electron chi connectivity index (χ3n) is 2.94. The highest BCUT2D eigenvalue weighted by molar-refractivity contribution is 5.53. The molecule has 15 heavy (non-hydrogen) atoms. The van der Waals surface area contributed by atoms with Gasteiger partial charge in [0.2, 0.25) is 0 Å². The van der Waals surface area contributed by atoms with Gasteiger partial charge in [0.25, 0.3) is 0 Å². The Morgan fingerprint density at radius 2 is 1.80 bits per heavy atom. The van der Waals surface area contributed by atoms with Gasteiger partial charge >= 0.3 is 0 Å². The fraction of sp³-hybridized carbons (Fsp3) is 0.500. The molecular formula is C12H17FN2. The summed E-state index contributed by atoms with van der Waals surface area (Å²) in [5, 5.41) is 0.894. The van der Waals surface area contributed by atoms with Gasteiger partial charge in [-0.3, -0.25) is 0 Å². The second-order valence-electron chi connectivity index (χ2n) is 3.88. The highest BCUT2D eigenvalue weighted by Gasteiger charge is 2.17. The van der Waals surface area contributed by atoms with E-state index in [1.807, 2.05) is 0 Å². The van der Waals surface area contributed by atoms with Gasteiger partial charge in [-0.1, -0.05) is 25.1 Å². The van der Waals surface area contributed by atoms with Gasteiger partial charge < -0.3 is 4.90 Å². The maximum Gasteiger partial charge on any atom is 0.0467 e. The molecule has 1 aliphatic rings. The standard InChI is InChI=1S/C12H17FN2/c1-2-11-5-3-4-6-12(11)14-7-9-15(13)10-8-14/h3-6H,2,7-10H2,1H3. The number of hydrogen-bond acceptors (Lipinski definition) is 2. The van der Waals surface area contributed by atoms with Crippen molar-refractivity contribution in [1.29, 1.82) is 0 Å². The lowest BCUT2D eigenvalue weighted by Gasteiger charge is -2.32. The number of halogens is 1. The van der Waals surface area contributed by atoms with Gasteiger partial charge in [-0.15, -0.1) is 9.60 Å². The van der Waals surface area contributed by atoms with E-state index < -0.39 is 0 Å². The van der Waals surface area contributed by atoms with Crippen LogP contribution in [0, 0.1) is 0 Å². The van der Waals surface area contributed by atoms with Gasteiger partial charge in [0.1, 0.15) is 0 Å². The summed E-state index contributed by atoms with van der Waals surface area (Å²) in [6, 6.07) is 8.40. The number of benzene rings is 1. The third kappa shape index (κ3) is 2.29. The van der Waals surface area contributed by atoms with Gasteiger partial charge in [-0.25, -0.2) is 0 Å². The van der Waals surface area contributed by atoms with E-state index in [1.165, 1.54) is 11.3 Å². The van der Waals surface area contributed by atoms with Crippen LogP contribution in [0.4, 0.5) is 10.2 Å². The van der Waals surface area contributed by atoms with Crippen molar-refractivity contribution in [3.05, 3.63) is 29.8 Å². The summed E-state index contributed by atoms with van der Waals surface area (Å²) in [5.74, 6) is 0. The van der Waals surface area contributed by atoms with Gasteiger partial charge in [0.05, 0.1) is 0 Å². The van der Waals surface area contributed by atoms with Crippen molar-refractivity contribution in [3.8, 4) is 0 Å². The predicted octanol–water partition coefficient (Wildman–Crippen LogP) is 2.26. The van der Waals surface area contributed by atoms with Crippen LogP contribution < -0.4 is 4.90 Å². The minimum atomic E-state index is 0.512. The van der Waals surface area contributed by atoms with Crippen LogP contribution in [0.15, 0.2) is 24.3 Å². The van der Waals surface area contributed by atoms with Crippen molar-refractivity contribution in [2.75, 3.05) is 31.1 Å². The molecule has 0 unspecified atom stereocenters. The molecule has 2 rings (SSSR count). The van der Waals surface area contributed by atoms with Crippen molar-refractivity contribution >= 4 is 5.69 Å². The van der Waals surface area contributed by atoms with E-state index >= 15 is 0 Å². The molecule has 1 aromatic rings. The molecule has 0 atom stereocenters. The smallest absolute Gasteiger partial charge is 0.0467 e. The zero-order valence-electron chi connectivity index (χ0n) is 9.12. The van der Waals surface area contributed by atoms with Crippen LogP contribution in [0.3, 0.4) is 0 Å². The first-order valence-electron chi connectivity index (χ1n) is 5.55. The zero-order valence-corrected chi connectivity index (χ0v) is 9.12. The molecule has 0 radical (unpaired) electrons. The van der Waals surface area contributed by atoms with Crippen LogP contribution in [-0.2, 0) is 6.42 Å². The highest BCUT2D eigenvalue weighted by Crippen LogP contribution is 2.22. The van der Waals surface area contributed by atoms with Crippen LogP contribution >= 0.6 is 0 Å². The Bertz CT molecular complexity index is 319. The summed E-state index contributed by atoms with van der Waals surface area (Å²) >= 11 is 0. The van der Waals surface area contributed by atoms with E-state index in [4.69, 9.17) is 0 Å². The van der Waals surface area contributed by atoms with E-state index in [2.05, 4.69) is 36.1 Å². The van der Waals surface area contributed by atoms with Crippen molar-refractivity contribution < 1.29 is 4.48 Å². The molecule has 1 aromatic carbocycles. The fourth-order valence-electron chi connectivity index (χ4n) is 2.04. The Balaban J connectivity index is 2.15. The molecule has 0 amide bonds. The lowest BCUT2D eigenvalue weighted by atomic mass is 10.1. The Hall–Kier alpha value is -1.09. The molecule has 0 aromatic heterocycles. The molecule has 1 heterocycles. The molecule has 0 bridgehead atoms. The number of hydrogen-bond donors (Lipinski definition) is 0. The summed E-state index contributed by atoms with van der Waals surface area (Å²) < 4.78 is 12.9. The largest absolute Gasteiger partial charge is 0.369 e. The average Bonchev–Trinajstić information content (AvgIpc) is 2.30. The molecular weight excluding hydrogens is 191 g/mol. The van der Waals surface area contributed by atoms with Crippen LogP contribution in [-0.4, -0.2) is 31.3 Å². The first-order valence-corrected chi connectivity index (χ1v) is 5.55. The number of nitrogens with zero attached hydrogens (tertiary/aromatic N) is 2. The van der Waals surface area contributed by atoms with E-state index in [0.29, 0.717) is 13.1 Å². The molecule has 1 saturated heterocycles. The predicted molar refractivity (Wildman–Crippen MR) is 60.7 cm³/mol. The normalized spacial score (nSPS) is 18.1. The van der Waals surface area contributed by atoms with Gasteiger partial charge in [-0.05, 0) is 18.1 Å². The first kappa shape index (κ1) is 10.4. The van der Waals surface area contributed by atoms with Crippen LogP contribution in [0.2, 0.25) is 0 Å². The van der Waals surface area contributed by atoms with E-state index in [-0.39, 0.29) is 0 Å².